The molecule has 0 spiro atoms. The van der Waals surface area contributed by atoms with Gasteiger partial charge < -0.3 is 14.8 Å². The molecule has 1 aliphatic rings. The lowest BCUT2D eigenvalue weighted by Gasteiger charge is -2.13. The number of thiocarbonyl (C=S) groups is 1. The van der Waals surface area contributed by atoms with Crippen molar-refractivity contribution in [2.75, 3.05) is 19.0 Å². The summed E-state index contributed by atoms with van der Waals surface area (Å²) in [6.45, 7) is 1.65. The second-order valence-corrected chi connectivity index (χ2v) is 8.56. The number of aryl methyl sites for hydroxylation is 2. The lowest BCUT2D eigenvalue weighted by atomic mass is 9.95. The predicted molar refractivity (Wildman–Crippen MR) is 118 cm³/mol. The lowest BCUT2D eigenvalue weighted by Crippen LogP contribution is -2.37. The smallest absolute Gasteiger partial charge is 0.341 e. The SMILES string of the molecule is COC(=O)c1c(NC(=S)NC(=O)COc2ccc(Cl)cc2C)sc2c1CCCC2. The molecule has 1 aliphatic carbocycles. The molecule has 0 atom stereocenters. The minimum Gasteiger partial charge on any atom is -0.483 e. The summed E-state index contributed by atoms with van der Waals surface area (Å²) < 4.78 is 10.5. The van der Waals surface area contributed by atoms with Gasteiger partial charge in [0.1, 0.15) is 10.8 Å². The Hall–Kier alpha value is -2.16. The molecule has 9 heteroatoms. The first-order valence-electron chi connectivity index (χ1n) is 9.11. The third kappa shape index (κ3) is 5.26. The van der Waals surface area contributed by atoms with Crippen molar-refractivity contribution in [3.8, 4) is 5.75 Å². The predicted octanol–water partition coefficient (Wildman–Crippen LogP) is 4.27. The number of hydrogen-bond donors (Lipinski definition) is 2. The fourth-order valence-corrected chi connectivity index (χ4v) is 4.98. The minimum absolute atomic E-state index is 0.107. The number of halogens is 1. The standard InChI is InChI=1S/C20H21ClN2O4S2/c1-11-9-12(21)7-8-14(11)27-10-16(24)22-20(28)23-18-17(19(25)26-2)13-5-3-4-6-15(13)29-18/h7-9H,3-6,10H2,1-2H3,(H2,22,23,24,28). The molecule has 2 N–H and O–H groups in total. The van der Waals surface area contributed by atoms with Crippen LogP contribution in [0.4, 0.5) is 5.00 Å². The van der Waals surface area contributed by atoms with E-state index in [2.05, 4.69) is 10.6 Å². The van der Waals surface area contributed by atoms with Crippen molar-refractivity contribution in [1.82, 2.24) is 5.32 Å². The molecule has 0 saturated carbocycles. The van der Waals surface area contributed by atoms with E-state index < -0.39 is 11.9 Å². The van der Waals surface area contributed by atoms with E-state index in [0.717, 1.165) is 41.7 Å². The fourth-order valence-electron chi connectivity index (χ4n) is 3.19. The highest BCUT2D eigenvalue weighted by atomic mass is 35.5. The van der Waals surface area contributed by atoms with E-state index in [0.29, 0.717) is 21.3 Å². The summed E-state index contributed by atoms with van der Waals surface area (Å²) in [7, 11) is 1.36. The summed E-state index contributed by atoms with van der Waals surface area (Å²) >= 11 is 12.6. The molecule has 1 heterocycles. The van der Waals surface area contributed by atoms with Crippen LogP contribution < -0.4 is 15.4 Å². The van der Waals surface area contributed by atoms with E-state index in [1.165, 1.54) is 18.4 Å². The number of benzene rings is 1. The van der Waals surface area contributed by atoms with Crippen molar-refractivity contribution >= 4 is 57.1 Å². The summed E-state index contributed by atoms with van der Waals surface area (Å²) in [5, 5.41) is 6.86. The number of ether oxygens (including phenoxy) is 2. The van der Waals surface area contributed by atoms with Crippen molar-refractivity contribution in [1.29, 1.82) is 0 Å². The molecule has 2 aromatic rings. The molecule has 1 aromatic carbocycles. The highest BCUT2D eigenvalue weighted by molar-refractivity contribution is 7.80. The highest BCUT2D eigenvalue weighted by Gasteiger charge is 2.26. The highest BCUT2D eigenvalue weighted by Crippen LogP contribution is 2.38. The van der Waals surface area contributed by atoms with E-state index in [4.69, 9.17) is 33.3 Å². The van der Waals surface area contributed by atoms with Gasteiger partial charge in [-0.1, -0.05) is 11.6 Å². The van der Waals surface area contributed by atoms with Gasteiger partial charge in [0.05, 0.1) is 12.7 Å². The molecule has 29 heavy (non-hydrogen) atoms. The van der Waals surface area contributed by atoms with Gasteiger partial charge >= 0.3 is 5.97 Å². The molecule has 0 unspecified atom stereocenters. The summed E-state index contributed by atoms with van der Waals surface area (Å²) in [5.74, 6) is -0.234. The zero-order chi connectivity index (χ0) is 21.0. The molecular formula is C20H21ClN2O4S2. The first kappa shape index (κ1) is 21.5. The van der Waals surface area contributed by atoms with Gasteiger partial charge in [0.2, 0.25) is 0 Å². The maximum atomic E-state index is 12.3. The summed E-state index contributed by atoms with van der Waals surface area (Å²) in [5.41, 5.74) is 2.36. The average Bonchev–Trinajstić information content (AvgIpc) is 3.04. The topological polar surface area (TPSA) is 76.7 Å². The maximum Gasteiger partial charge on any atom is 0.341 e. The number of methoxy groups -OCH3 is 1. The number of thiophene rings is 1. The fraction of sp³-hybridized carbons (Fsp3) is 0.350. The lowest BCUT2D eigenvalue weighted by molar-refractivity contribution is -0.121. The normalized spacial score (nSPS) is 12.7. The van der Waals surface area contributed by atoms with Gasteiger partial charge in [-0.3, -0.25) is 10.1 Å². The number of rotatable bonds is 5. The third-order valence-electron chi connectivity index (χ3n) is 4.54. The van der Waals surface area contributed by atoms with Gasteiger partial charge in [-0.15, -0.1) is 11.3 Å². The van der Waals surface area contributed by atoms with Gasteiger partial charge in [-0.25, -0.2) is 4.79 Å². The van der Waals surface area contributed by atoms with Crippen LogP contribution in [0, 0.1) is 6.92 Å². The molecule has 0 radical (unpaired) electrons. The van der Waals surface area contributed by atoms with Gasteiger partial charge in [-0.2, -0.15) is 0 Å². The zero-order valence-electron chi connectivity index (χ0n) is 16.1. The van der Waals surface area contributed by atoms with E-state index in [1.54, 1.807) is 18.2 Å². The number of nitrogens with one attached hydrogen (secondary N) is 2. The molecule has 0 saturated heterocycles. The Bertz CT molecular complexity index is 958. The van der Waals surface area contributed by atoms with E-state index in [9.17, 15) is 9.59 Å². The van der Waals surface area contributed by atoms with Crippen molar-refractivity contribution in [3.05, 3.63) is 44.8 Å². The molecule has 3 rings (SSSR count). The molecular weight excluding hydrogens is 432 g/mol. The maximum absolute atomic E-state index is 12.3. The molecule has 0 bridgehead atoms. The first-order valence-corrected chi connectivity index (χ1v) is 10.7. The van der Waals surface area contributed by atoms with Gasteiger partial charge in [0.25, 0.3) is 5.91 Å². The van der Waals surface area contributed by atoms with Crippen LogP contribution in [0.25, 0.3) is 0 Å². The van der Waals surface area contributed by atoms with Crippen LogP contribution in [0.1, 0.15) is 39.2 Å². The van der Waals surface area contributed by atoms with E-state index >= 15 is 0 Å². The number of carbonyl (C=O) groups is 2. The van der Waals surface area contributed by atoms with Crippen molar-refractivity contribution in [2.24, 2.45) is 0 Å². The summed E-state index contributed by atoms with van der Waals surface area (Å²) in [4.78, 5) is 25.6. The molecule has 6 nitrogen and oxygen atoms in total. The second-order valence-electron chi connectivity index (χ2n) is 6.61. The summed E-state index contributed by atoms with van der Waals surface area (Å²) in [6.07, 6.45) is 3.90. The van der Waals surface area contributed by atoms with Crippen LogP contribution in [-0.4, -0.2) is 30.7 Å². The number of carbonyl (C=O) groups excluding carboxylic acids is 2. The van der Waals surface area contributed by atoms with Crippen molar-refractivity contribution in [2.45, 2.75) is 32.6 Å². The average molecular weight is 453 g/mol. The Morgan fingerprint density at radius 2 is 2.03 bits per heavy atom. The minimum atomic E-state index is -0.405. The van der Waals surface area contributed by atoms with Crippen LogP contribution in [0.2, 0.25) is 5.02 Å². The van der Waals surface area contributed by atoms with Crippen LogP contribution in [-0.2, 0) is 22.4 Å². The monoisotopic (exact) mass is 452 g/mol. The van der Waals surface area contributed by atoms with Crippen LogP contribution in [0.15, 0.2) is 18.2 Å². The Labute approximate surface area is 183 Å². The van der Waals surface area contributed by atoms with Crippen molar-refractivity contribution in [3.63, 3.8) is 0 Å². The van der Waals surface area contributed by atoms with Gasteiger partial charge in [0, 0.05) is 9.90 Å². The number of esters is 1. The van der Waals surface area contributed by atoms with Gasteiger partial charge in [-0.05, 0) is 74.2 Å². The first-order chi connectivity index (χ1) is 13.9. The molecule has 1 amide bonds. The second kappa shape index (κ2) is 9.56. The van der Waals surface area contributed by atoms with Crippen LogP contribution in [0.3, 0.4) is 0 Å². The quantitative estimate of drug-likeness (QED) is 0.521. The molecule has 0 fully saturated rings. The van der Waals surface area contributed by atoms with Crippen molar-refractivity contribution < 1.29 is 19.1 Å². The largest absolute Gasteiger partial charge is 0.483 e. The number of fused-ring (bicyclic) bond motifs is 1. The van der Waals surface area contributed by atoms with E-state index in [-0.39, 0.29) is 11.7 Å². The number of amides is 1. The molecule has 1 aromatic heterocycles. The molecule has 0 aliphatic heterocycles. The third-order valence-corrected chi connectivity index (χ3v) is 6.18. The van der Waals surface area contributed by atoms with E-state index in [1.807, 2.05) is 6.92 Å². The van der Waals surface area contributed by atoms with Crippen LogP contribution in [0.5, 0.6) is 5.75 Å². The zero-order valence-corrected chi connectivity index (χ0v) is 18.5. The summed E-state index contributed by atoms with van der Waals surface area (Å²) in [6, 6.07) is 5.16. The Morgan fingerprint density at radius 3 is 2.76 bits per heavy atom. The Balaban J connectivity index is 1.62. The Kier molecular flexibility index (Phi) is 7.10. The Morgan fingerprint density at radius 1 is 1.28 bits per heavy atom. The molecule has 154 valence electrons. The van der Waals surface area contributed by atoms with Crippen LogP contribution >= 0.6 is 35.2 Å². The number of hydrogen-bond acceptors (Lipinski definition) is 6. The number of anilines is 1. The van der Waals surface area contributed by atoms with Gasteiger partial charge in [0.15, 0.2) is 11.7 Å².